The number of benzene rings is 2. The van der Waals surface area contributed by atoms with Crippen LogP contribution in [0, 0.1) is 0 Å². The molecular weight excluding hydrogens is 581 g/mol. The molecule has 0 saturated carbocycles. The van der Waals surface area contributed by atoms with Gasteiger partial charge in [0.25, 0.3) is 0 Å². The van der Waals surface area contributed by atoms with Gasteiger partial charge in [0.15, 0.2) is 0 Å². The fourth-order valence-corrected chi connectivity index (χ4v) is 7.04. The lowest BCUT2D eigenvalue weighted by Gasteiger charge is -2.33. The van der Waals surface area contributed by atoms with Crippen molar-refractivity contribution in [2.45, 2.75) is 25.6 Å². The normalized spacial score (nSPS) is 18.5. The number of halogens is 3. The van der Waals surface area contributed by atoms with E-state index in [9.17, 15) is 8.42 Å². The van der Waals surface area contributed by atoms with Crippen LogP contribution in [0.3, 0.4) is 0 Å². The molecule has 0 unspecified atom stereocenters. The average molecular weight is 617 g/mol. The third kappa shape index (κ3) is 8.10. The molecule has 0 amide bonds. The van der Waals surface area contributed by atoms with Crippen LogP contribution in [0.4, 0.5) is 5.69 Å². The molecule has 0 N–H and O–H groups in total. The summed E-state index contributed by atoms with van der Waals surface area (Å²) in [4.78, 5) is 8.96. The van der Waals surface area contributed by atoms with Crippen LogP contribution < -0.4 is 4.90 Å². The van der Waals surface area contributed by atoms with Crippen LogP contribution in [0.5, 0.6) is 0 Å². The zero-order valence-corrected chi connectivity index (χ0v) is 25.2. The number of aromatic nitrogens is 2. The van der Waals surface area contributed by atoms with E-state index in [1.807, 2.05) is 54.2 Å². The SMILES string of the molecule is Cl.Cl.Cn1cnc(CN2C[C@@H](Cc3ccccc3)N(S(=O)(=O)CCN3CCOCC3)Cc3cc(Cl)ccc32)c1. The Kier molecular flexibility index (Phi) is 11.5. The first-order chi connectivity index (χ1) is 17.9. The fraction of sp³-hybridized carbons (Fsp3) is 0.444. The quantitative estimate of drug-likeness (QED) is 0.381. The van der Waals surface area contributed by atoms with Crippen molar-refractivity contribution in [3.05, 3.63) is 82.9 Å². The van der Waals surface area contributed by atoms with E-state index in [4.69, 9.17) is 16.3 Å². The zero-order valence-electron chi connectivity index (χ0n) is 22.0. The van der Waals surface area contributed by atoms with Crippen molar-refractivity contribution in [2.24, 2.45) is 7.05 Å². The number of imidazole rings is 1. The van der Waals surface area contributed by atoms with E-state index in [0.717, 1.165) is 35.6 Å². The summed E-state index contributed by atoms with van der Waals surface area (Å²) in [6, 6.07) is 15.7. The Morgan fingerprint density at radius 2 is 1.82 bits per heavy atom. The third-order valence-electron chi connectivity index (χ3n) is 7.10. The Balaban J connectivity index is 0.00000210. The lowest BCUT2D eigenvalue weighted by atomic mass is 10.1. The molecule has 0 bridgehead atoms. The number of sulfonamides is 1. The van der Waals surface area contributed by atoms with Crippen molar-refractivity contribution in [1.29, 1.82) is 0 Å². The van der Waals surface area contributed by atoms with Crippen LogP contribution in [0.25, 0.3) is 0 Å². The van der Waals surface area contributed by atoms with E-state index in [-0.39, 0.29) is 43.2 Å². The Labute approximate surface area is 248 Å². The summed E-state index contributed by atoms with van der Waals surface area (Å²) >= 11 is 6.41. The maximum Gasteiger partial charge on any atom is 0.215 e. The van der Waals surface area contributed by atoms with Crippen LogP contribution in [0.1, 0.15) is 16.8 Å². The zero-order chi connectivity index (χ0) is 25.8. The predicted molar refractivity (Wildman–Crippen MR) is 161 cm³/mol. The third-order valence-corrected chi connectivity index (χ3v) is 9.17. The van der Waals surface area contributed by atoms with Crippen LogP contribution in [-0.4, -0.2) is 78.4 Å². The van der Waals surface area contributed by atoms with Crippen LogP contribution >= 0.6 is 36.4 Å². The van der Waals surface area contributed by atoms with Gasteiger partial charge in [-0.15, -0.1) is 24.8 Å². The van der Waals surface area contributed by atoms with Gasteiger partial charge < -0.3 is 14.2 Å². The lowest BCUT2D eigenvalue weighted by Crippen LogP contribution is -2.48. The minimum absolute atomic E-state index is 0. The van der Waals surface area contributed by atoms with E-state index >= 15 is 0 Å². The van der Waals surface area contributed by atoms with Gasteiger partial charge in [0.2, 0.25) is 10.0 Å². The van der Waals surface area contributed by atoms with Crippen LogP contribution in [-0.2, 0) is 41.3 Å². The second-order valence-corrected chi connectivity index (χ2v) is 12.3. The van der Waals surface area contributed by atoms with Gasteiger partial charge in [-0.05, 0) is 35.7 Å². The first kappa shape index (κ1) is 31.7. The average Bonchev–Trinajstić information content (AvgIpc) is 3.24. The van der Waals surface area contributed by atoms with E-state index in [1.54, 1.807) is 10.6 Å². The molecule has 2 aliphatic heterocycles. The van der Waals surface area contributed by atoms with Crippen molar-refractivity contribution in [2.75, 3.05) is 50.0 Å². The first-order valence-corrected chi connectivity index (χ1v) is 14.7. The molecule has 2 aromatic carbocycles. The molecule has 3 aromatic rings. The number of aryl methyl sites for hydroxylation is 1. The molecule has 39 heavy (non-hydrogen) atoms. The molecule has 3 heterocycles. The Hall–Kier alpha value is -1.85. The largest absolute Gasteiger partial charge is 0.379 e. The van der Waals surface area contributed by atoms with E-state index in [2.05, 4.69) is 26.9 Å². The first-order valence-electron chi connectivity index (χ1n) is 12.7. The molecule has 1 aromatic heterocycles. The number of morpholine rings is 1. The number of nitrogens with zero attached hydrogens (tertiary/aromatic N) is 5. The Bertz CT molecular complexity index is 1300. The molecule has 1 fully saturated rings. The van der Waals surface area contributed by atoms with E-state index in [0.29, 0.717) is 44.3 Å². The number of ether oxygens (including phenoxy) is 1. The lowest BCUT2D eigenvalue weighted by molar-refractivity contribution is 0.0406. The van der Waals surface area contributed by atoms with Gasteiger partial charge >= 0.3 is 0 Å². The molecule has 5 rings (SSSR count). The summed E-state index contributed by atoms with van der Waals surface area (Å²) in [6.07, 6.45) is 4.42. The number of hydrogen-bond donors (Lipinski definition) is 0. The molecule has 12 heteroatoms. The molecule has 1 atom stereocenters. The monoisotopic (exact) mass is 615 g/mol. The number of fused-ring (bicyclic) bond motifs is 1. The Morgan fingerprint density at radius 3 is 2.51 bits per heavy atom. The van der Waals surface area contributed by atoms with Gasteiger partial charge in [-0.2, -0.15) is 4.31 Å². The number of rotatable bonds is 8. The Morgan fingerprint density at radius 1 is 1.08 bits per heavy atom. The van der Waals surface area contributed by atoms with Gasteiger partial charge in [-0.25, -0.2) is 13.4 Å². The van der Waals surface area contributed by atoms with Crippen molar-refractivity contribution in [1.82, 2.24) is 18.8 Å². The molecule has 8 nitrogen and oxygen atoms in total. The standard InChI is InChI=1S/C27H34ClN5O3S.2ClH/c1-30-18-25(29-21-30)19-32-20-26(15-22-5-3-2-4-6-22)33(17-23-16-24(28)7-8-27(23)32)37(34,35)14-11-31-9-12-36-13-10-31;;/h2-8,16,18,21,26H,9-15,17,19-20H2,1H3;2*1H/t26-;;/m1../s1. The van der Waals surface area contributed by atoms with Crippen molar-refractivity contribution >= 4 is 52.1 Å². The summed E-state index contributed by atoms with van der Waals surface area (Å²) in [5.41, 5.74) is 3.96. The number of hydrogen-bond acceptors (Lipinski definition) is 6. The van der Waals surface area contributed by atoms with Gasteiger partial charge in [-0.1, -0.05) is 41.9 Å². The smallest absolute Gasteiger partial charge is 0.215 e. The van der Waals surface area contributed by atoms with Crippen molar-refractivity contribution in [3.63, 3.8) is 0 Å². The molecular formula is C27H36Cl3N5O3S. The second kappa shape index (κ2) is 14.2. The van der Waals surface area contributed by atoms with Crippen molar-refractivity contribution in [3.8, 4) is 0 Å². The van der Waals surface area contributed by atoms with Crippen LogP contribution in [0.15, 0.2) is 61.1 Å². The van der Waals surface area contributed by atoms with E-state index < -0.39 is 10.0 Å². The molecule has 214 valence electrons. The highest BCUT2D eigenvalue weighted by Gasteiger charge is 2.36. The molecule has 1 saturated heterocycles. The highest BCUT2D eigenvalue weighted by atomic mass is 35.5. The molecule has 2 aliphatic rings. The molecule has 0 aliphatic carbocycles. The van der Waals surface area contributed by atoms with Gasteiger partial charge in [-0.3, -0.25) is 4.90 Å². The summed E-state index contributed by atoms with van der Waals surface area (Å²) in [5, 5.41) is 0.601. The molecule has 0 spiro atoms. The van der Waals surface area contributed by atoms with Gasteiger partial charge in [0, 0.05) is 62.7 Å². The van der Waals surface area contributed by atoms with Gasteiger partial charge in [0.05, 0.1) is 37.5 Å². The highest BCUT2D eigenvalue weighted by molar-refractivity contribution is 7.89. The second-order valence-electron chi connectivity index (χ2n) is 9.84. The summed E-state index contributed by atoms with van der Waals surface area (Å²) in [5.74, 6) is 0.0778. The predicted octanol–water partition coefficient (Wildman–Crippen LogP) is 4.01. The highest BCUT2D eigenvalue weighted by Crippen LogP contribution is 2.33. The van der Waals surface area contributed by atoms with Crippen molar-refractivity contribution < 1.29 is 13.2 Å². The summed E-state index contributed by atoms with van der Waals surface area (Å²) in [7, 11) is -1.61. The van der Waals surface area contributed by atoms with E-state index in [1.165, 1.54) is 0 Å². The summed E-state index contributed by atoms with van der Waals surface area (Å²) < 4.78 is 37.0. The van der Waals surface area contributed by atoms with Gasteiger partial charge in [0.1, 0.15) is 0 Å². The summed E-state index contributed by atoms with van der Waals surface area (Å²) in [6.45, 7) is 4.75. The minimum Gasteiger partial charge on any atom is -0.379 e. The molecule has 0 radical (unpaired) electrons. The topological polar surface area (TPSA) is 70.9 Å². The maximum atomic E-state index is 13.9. The minimum atomic E-state index is -3.56. The fourth-order valence-electron chi connectivity index (χ4n) is 5.19. The number of anilines is 1. The maximum absolute atomic E-state index is 13.9. The van der Waals surface area contributed by atoms with Crippen LogP contribution in [0.2, 0.25) is 5.02 Å².